The van der Waals surface area contributed by atoms with Crippen LogP contribution in [0.15, 0.2) is 101 Å². The molecule has 0 unspecified atom stereocenters. The van der Waals surface area contributed by atoms with Gasteiger partial charge in [-0.3, -0.25) is 0 Å². The molecule has 0 saturated carbocycles. The third-order valence-corrected chi connectivity index (χ3v) is 9.61. The summed E-state index contributed by atoms with van der Waals surface area (Å²) in [5.74, 6) is 0. The molecule has 6 aromatic carbocycles. The monoisotopic (exact) mass is 474 g/mol. The van der Waals surface area contributed by atoms with Gasteiger partial charge in [0.15, 0.2) is 0 Å². The van der Waals surface area contributed by atoms with Gasteiger partial charge < -0.3 is 0 Å². The van der Waals surface area contributed by atoms with Gasteiger partial charge in [-0.25, -0.2) is 0 Å². The maximum absolute atomic E-state index is 2.40. The highest BCUT2D eigenvalue weighted by molar-refractivity contribution is 7.99. The summed E-state index contributed by atoms with van der Waals surface area (Å²) in [4.78, 5) is 2.74. The Morgan fingerprint density at radius 2 is 1.33 bits per heavy atom. The van der Waals surface area contributed by atoms with E-state index in [2.05, 4.69) is 97.1 Å². The maximum atomic E-state index is 2.40. The van der Waals surface area contributed by atoms with Gasteiger partial charge >= 0.3 is 0 Å². The zero-order chi connectivity index (χ0) is 23.4. The van der Waals surface area contributed by atoms with Crippen LogP contribution >= 0.6 is 11.8 Å². The molecule has 1 aliphatic heterocycles. The molecule has 0 atom stereocenters. The van der Waals surface area contributed by atoms with Crippen molar-refractivity contribution in [1.29, 1.82) is 0 Å². The summed E-state index contributed by atoms with van der Waals surface area (Å²) < 4.78 is 0. The number of hydrogen-bond acceptors (Lipinski definition) is 1. The summed E-state index contributed by atoms with van der Waals surface area (Å²) >= 11 is 1.94. The molecular weight excluding hydrogens is 452 g/mol. The van der Waals surface area contributed by atoms with Crippen LogP contribution in [0.3, 0.4) is 0 Å². The highest BCUT2D eigenvalue weighted by Gasteiger charge is 2.30. The smallest absolute Gasteiger partial charge is 0.0207 e. The van der Waals surface area contributed by atoms with E-state index in [-0.39, 0.29) is 0 Å². The first-order valence-electron chi connectivity index (χ1n) is 12.9. The molecule has 3 aliphatic rings. The molecule has 6 aromatic rings. The van der Waals surface area contributed by atoms with Crippen LogP contribution < -0.4 is 0 Å². The fraction of sp³-hybridized carbons (Fsp3) is 0.0857. The first-order valence-corrected chi connectivity index (χ1v) is 13.7. The van der Waals surface area contributed by atoms with Crippen molar-refractivity contribution in [2.45, 2.75) is 29.1 Å². The summed E-state index contributed by atoms with van der Waals surface area (Å²) in [5.41, 5.74) is 11.6. The van der Waals surface area contributed by atoms with Gasteiger partial charge in [0.25, 0.3) is 0 Å². The van der Waals surface area contributed by atoms with E-state index in [0.717, 1.165) is 19.3 Å². The van der Waals surface area contributed by atoms with Crippen LogP contribution in [0.25, 0.3) is 60.6 Å². The van der Waals surface area contributed by atoms with Crippen molar-refractivity contribution >= 4 is 50.2 Å². The van der Waals surface area contributed by atoms with E-state index in [4.69, 9.17) is 0 Å². The van der Waals surface area contributed by atoms with Crippen molar-refractivity contribution in [2.24, 2.45) is 0 Å². The van der Waals surface area contributed by atoms with E-state index in [1.165, 1.54) is 86.6 Å². The quantitative estimate of drug-likeness (QED) is 0.197. The van der Waals surface area contributed by atoms with Crippen LogP contribution in [0.1, 0.15) is 28.7 Å². The topological polar surface area (TPSA) is 0 Å². The zero-order valence-electron chi connectivity index (χ0n) is 19.8. The SMILES string of the molecule is C1=Cc2c(ccc3c2-c2c4cccc5c4c(c4cccc(c24)C3)-c2c(ccc3ccccc23)S5)CC1. The molecule has 0 N–H and O–H groups in total. The van der Waals surface area contributed by atoms with E-state index in [9.17, 15) is 0 Å². The van der Waals surface area contributed by atoms with Crippen LogP contribution in [0, 0.1) is 0 Å². The number of fused-ring (bicyclic) bond motifs is 10. The minimum Gasteiger partial charge on any atom is -0.0887 e. The first kappa shape index (κ1) is 19.4. The maximum Gasteiger partial charge on any atom is 0.0207 e. The number of allylic oxidation sites excluding steroid dienone is 1. The largest absolute Gasteiger partial charge is 0.0887 e. The first-order chi connectivity index (χ1) is 17.9. The Morgan fingerprint density at radius 1 is 0.528 bits per heavy atom. The average molecular weight is 475 g/mol. The molecule has 0 saturated heterocycles. The molecule has 1 heterocycles. The molecule has 0 bridgehead atoms. The van der Waals surface area contributed by atoms with E-state index < -0.39 is 0 Å². The molecular formula is C35H22S. The molecule has 0 amide bonds. The van der Waals surface area contributed by atoms with Gasteiger partial charge in [-0.2, -0.15) is 0 Å². The Bertz CT molecular complexity index is 1990. The summed E-state index contributed by atoms with van der Waals surface area (Å²) in [6.07, 6.45) is 8.04. The minimum atomic E-state index is 1.00. The lowest BCUT2D eigenvalue weighted by Crippen LogP contribution is -2.08. The molecule has 0 spiro atoms. The predicted octanol–water partition coefficient (Wildman–Crippen LogP) is 9.81. The third-order valence-electron chi connectivity index (χ3n) is 8.49. The van der Waals surface area contributed by atoms with Crippen molar-refractivity contribution in [3.8, 4) is 22.3 Å². The van der Waals surface area contributed by atoms with Gasteiger partial charge in [0.2, 0.25) is 0 Å². The minimum absolute atomic E-state index is 1.00. The van der Waals surface area contributed by atoms with Gasteiger partial charge in [0.1, 0.15) is 0 Å². The van der Waals surface area contributed by atoms with Crippen LogP contribution in [-0.4, -0.2) is 0 Å². The third kappa shape index (κ3) is 2.37. The van der Waals surface area contributed by atoms with Crippen LogP contribution in [0.5, 0.6) is 0 Å². The van der Waals surface area contributed by atoms with Gasteiger partial charge in [-0.15, -0.1) is 0 Å². The predicted molar refractivity (Wildman–Crippen MR) is 154 cm³/mol. The highest BCUT2D eigenvalue weighted by atomic mass is 32.2. The van der Waals surface area contributed by atoms with Gasteiger partial charge in [0.05, 0.1) is 0 Å². The van der Waals surface area contributed by atoms with E-state index in [0.29, 0.717) is 0 Å². The molecule has 0 nitrogen and oxygen atoms in total. The Labute approximate surface area is 214 Å². The Balaban J connectivity index is 1.55. The summed E-state index contributed by atoms with van der Waals surface area (Å²) in [6, 6.07) is 32.3. The molecule has 168 valence electrons. The Hall–Kier alpha value is -3.81. The molecule has 0 radical (unpaired) electrons. The number of aryl methyl sites for hydroxylation is 1. The zero-order valence-corrected chi connectivity index (χ0v) is 20.6. The number of hydrogen-bond donors (Lipinski definition) is 0. The lowest BCUT2D eigenvalue weighted by Gasteiger charge is -2.31. The van der Waals surface area contributed by atoms with Crippen LogP contribution in [0.2, 0.25) is 0 Å². The lowest BCUT2D eigenvalue weighted by atomic mass is 9.75. The summed E-state index contributed by atoms with van der Waals surface area (Å²) in [7, 11) is 0. The van der Waals surface area contributed by atoms with E-state index >= 15 is 0 Å². The second-order valence-corrected chi connectivity index (χ2v) is 11.4. The summed E-state index contributed by atoms with van der Waals surface area (Å²) in [5, 5.41) is 8.37. The van der Waals surface area contributed by atoms with Gasteiger partial charge in [-0.05, 0) is 91.7 Å². The Kier molecular flexibility index (Phi) is 3.72. The second kappa shape index (κ2) is 6.90. The molecule has 2 aliphatic carbocycles. The fourth-order valence-electron chi connectivity index (χ4n) is 7.04. The fourth-order valence-corrected chi connectivity index (χ4v) is 8.19. The van der Waals surface area contributed by atoms with Crippen LogP contribution in [0.4, 0.5) is 0 Å². The number of benzene rings is 6. The van der Waals surface area contributed by atoms with Crippen LogP contribution in [-0.2, 0) is 12.8 Å². The van der Waals surface area contributed by atoms with E-state index in [1.54, 1.807) is 0 Å². The molecule has 36 heavy (non-hydrogen) atoms. The van der Waals surface area contributed by atoms with Crippen molar-refractivity contribution in [2.75, 3.05) is 0 Å². The Morgan fingerprint density at radius 3 is 2.31 bits per heavy atom. The normalized spacial score (nSPS) is 14.7. The molecule has 1 heteroatoms. The van der Waals surface area contributed by atoms with Gasteiger partial charge in [0, 0.05) is 26.3 Å². The highest BCUT2D eigenvalue weighted by Crippen LogP contribution is 2.57. The van der Waals surface area contributed by atoms with Crippen molar-refractivity contribution < 1.29 is 0 Å². The van der Waals surface area contributed by atoms with Crippen molar-refractivity contribution in [3.63, 3.8) is 0 Å². The van der Waals surface area contributed by atoms with Crippen molar-refractivity contribution in [1.82, 2.24) is 0 Å². The molecule has 0 aromatic heterocycles. The van der Waals surface area contributed by atoms with Crippen molar-refractivity contribution in [3.05, 3.63) is 113 Å². The lowest BCUT2D eigenvalue weighted by molar-refractivity contribution is 0.982. The average Bonchev–Trinajstić information content (AvgIpc) is 2.94. The van der Waals surface area contributed by atoms with E-state index in [1.807, 2.05) is 11.8 Å². The van der Waals surface area contributed by atoms with Gasteiger partial charge in [-0.1, -0.05) is 96.7 Å². The number of rotatable bonds is 0. The molecule has 0 fully saturated rings. The second-order valence-electron chi connectivity index (χ2n) is 10.3. The standard InChI is InChI=1S/C35H22S/c1-3-10-24-20(7-1)15-16-23-19-22-9-5-12-26-31(22)34(30(23)24)27-13-6-14-28-33(27)35(26)32-25-11-4-2-8-21(25)17-18-29(32)36-28/h2-6,8-18H,1,7,19H2. The summed E-state index contributed by atoms with van der Waals surface area (Å²) in [6.45, 7) is 0. The molecule has 9 rings (SSSR count).